The van der Waals surface area contributed by atoms with Gasteiger partial charge in [-0.15, -0.1) is 0 Å². The summed E-state index contributed by atoms with van der Waals surface area (Å²) < 4.78 is 27.2. The van der Waals surface area contributed by atoms with E-state index in [0.717, 1.165) is 12.5 Å². The monoisotopic (exact) mass is 311 g/mol. The van der Waals surface area contributed by atoms with E-state index in [9.17, 15) is 13.2 Å². The molecule has 0 unspecified atom stereocenters. The molecule has 0 atom stereocenters. The van der Waals surface area contributed by atoms with Gasteiger partial charge in [-0.25, -0.2) is 23.2 Å². The number of carbonyl (C=O) groups is 1. The molecular weight excluding hydrogens is 298 g/mol. The van der Waals surface area contributed by atoms with Crippen LogP contribution in [0.2, 0.25) is 0 Å². The van der Waals surface area contributed by atoms with Crippen molar-refractivity contribution in [3.8, 4) is 11.5 Å². The summed E-state index contributed by atoms with van der Waals surface area (Å²) >= 11 is 0. The lowest BCUT2D eigenvalue weighted by molar-refractivity contribution is 0.0690. The maximum Gasteiger partial charge on any atom is 0.357 e. The van der Waals surface area contributed by atoms with Gasteiger partial charge in [-0.2, -0.15) is 0 Å². The van der Waals surface area contributed by atoms with Crippen molar-refractivity contribution in [2.75, 3.05) is 23.9 Å². The molecule has 0 saturated carbocycles. The number of aromatic carboxylic acids is 1. The Morgan fingerprint density at radius 2 is 2.24 bits per heavy atom. The number of sulfone groups is 1. The molecule has 0 aliphatic rings. The highest BCUT2D eigenvalue weighted by atomic mass is 32.2. The van der Waals surface area contributed by atoms with Crippen LogP contribution >= 0.6 is 0 Å². The first kappa shape index (κ1) is 15.0. The average Bonchev–Trinajstić information content (AvgIpc) is 2.87. The fraction of sp³-hybridized carbons (Fsp3) is 0.250. The largest absolute Gasteiger partial charge is 0.476 e. The van der Waals surface area contributed by atoms with E-state index in [2.05, 4.69) is 15.3 Å². The third-order valence-electron chi connectivity index (χ3n) is 2.51. The molecule has 0 saturated heterocycles. The Labute approximate surface area is 120 Å². The van der Waals surface area contributed by atoms with Crippen LogP contribution < -0.4 is 5.32 Å². The molecule has 2 heterocycles. The fourth-order valence-corrected chi connectivity index (χ4v) is 2.00. The molecule has 112 valence electrons. The molecule has 2 aromatic heterocycles. The van der Waals surface area contributed by atoms with Crippen LogP contribution in [0.3, 0.4) is 0 Å². The number of oxazole rings is 1. The highest BCUT2D eigenvalue weighted by Gasteiger charge is 2.12. The Hall–Kier alpha value is -2.42. The van der Waals surface area contributed by atoms with Crippen LogP contribution in [0.4, 0.5) is 5.82 Å². The second-order valence-corrected chi connectivity index (χ2v) is 6.59. The SMILES string of the molecule is CS(=O)(=O)CCNc1cc(-c2nc(C(=O)O)co2)ccn1. The third-order valence-corrected chi connectivity index (χ3v) is 3.45. The zero-order valence-corrected chi connectivity index (χ0v) is 11.9. The summed E-state index contributed by atoms with van der Waals surface area (Å²) in [5.41, 5.74) is 0.354. The Morgan fingerprint density at radius 3 is 2.86 bits per heavy atom. The minimum absolute atomic E-state index is 0.0128. The second kappa shape index (κ2) is 5.92. The summed E-state index contributed by atoms with van der Waals surface area (Å²) in [5.74, 6) is -0.584. The van der Waals surface area contributed by atoms with E-state index in [0.29, 0.717) is 11.4 Å². The van der Waals surface area contributed by atoms with Crippen molar-refractivity contribution < 1.29 is 22.7 Å². The first-order valence-electron chi connectivity index (χ1n) is 5.92. The maximum atomic E-state index is 11.0. The minimum Gasteiger partial charge on any atom is -0.476 e. The molecule has 2 N–H and O–H groups in total. The Morgan fingerprint density at radius 1 is 1.48 bits per heavy atom. The quantitative estimate of drug-likeness (QED) is 0.806. The molecule has 8 nitrogen and oxygen atoms in total. The van der Waals surface area contributed by atoms with Gasteiger partial charge in [-0.1, -0.05) is 0 Å². The molecule has 0 fully saturated rings. The van der Waals surface area contributed by atoms with Gasteiger partial charge in [0.15, 0.2) is 5.69 Å². The number of hydrogen-bond acceptors (Lipinski definition) is 7. The number of carboxylic acid groups (broad SMARTS) is 1. The number of rotatable bonds is 6. The number of carboxylic acids is 1. The van der Waals surface area contributed by atoms with Crippen molar-refractivity contribution in [3.05, 3.63) is 30.3 Å². The number of pyridine rings is 1. The van der Waals surface area contributed by atoms with E-state index in [1.165, 1.54) is 6.20 Å². The molecular formula is C12H13N3O5S. The summed E-state index contributed by atoms with van der Waals surface area (Å²) in [5, 5.41) is 11.7. The van der Waals surface area contributed by atoms with Gasteiger partial charge in [0.05, 0.1) is 5.75 Å². The lowest BCUT2D eigenvalue weighted by Crippen LogP contribution is -2.14. The summed E-state index contributed by atoms with van der Waals surface area (Å²) in [6.45, 7) is 0.223. The smallest absolute Gasteiger partial charge is 0.357 e. The number of nitrogens with one attached hydrogen (secondary N) is 1. The zero-order valence-electron chi connectivity index (χ0n) is 11.1. The molecule has 2 rings (SSSR count). The predicted molar refractivity (Wildman–Crippen MR) is 74.9 cm³/mol. The van der Waals surface area contributed by atoms with Gasteiger partial charge in [-0.05, 0) is 12.1 Å². The number of nitrogens with zero attached hydrogens (tertiary/aromatic N) is 2. The third kappa shape index (κ3) is 4.28. The van der Waals surface area contributed by atoms with Crippen LogP contribution in [-0.4, -0.2) is 48.0 Å². The van der Waals surface area contributed by atoms with Gasteiger partial charge in [0.2, 0.25) is 5.89 Å². The van der Waals surface area contributed by atoms with Crippen molar-refractivity contribution in [1.29, 1.82) is 0 Å². The average molecular weight is 311 g/mol. The van der Waals surface area contributed by atoms with Crippen molar-refractivity contribution >= 4 is 21.6 Å². The number of aromatic nitrogens is 2. The first-order valence-corrected chi connectivity index (χ1v) is 7.98. The van der Waals surface area contributed by atoms with Gasteiger partial charge in [-0.3, -0.25) is 0 Å². The summed E-state index contributed by atoms with van der Waals surface area (Å²) in [4.78, 5) is 18.6. The first-order chi connectivity index (χ1) is 9.85. The van der Waals surface area contributed by atoms with Crippen LogP contribution in [0.5, 0.6) is 0 Å². The van der Waals surface area contributed by atoms with Crippen LogP contribution in [-0.2, 0) is 9.84 Å². The maximum absolute atomic E-state index is 11.0. The molecule has 0 bridgehead atoms. The molecule has 0 aliphatic carbocycles. The lowest BCUT2D eigenvalue weighted by Gasteiger charge is -2.05. The van der Waals surface area contributed by atoms with Gasteiger partial charge < -0.3 is 14.8 Å². The lowest BCUT2D eigenvalue weighted by atomic mass is 10.2. The molecule has 0 aliphatic heterocycles. The van der Waals surface area contributed by atoms with Crippen molar-refractivity contribution in [3.63, 3.8) is 0 Å². The van der Waals surface area contributed by atoms with Gasteiger partial charge in [0.25, 0.3) is 0 Å². The zero-order chi connectivity index (χ0) is 15.5. The molecule has 0 aromatic carbocycles. The highest BCUT2D eigenvalue weighted by Crippen LogP contribution is 2.20. The number of anilines is 1. The Balaban J connectivity index is 2.11. The van der Waals surface area contributed by atoms with Crippen molar-refractivity contribution in [2.45, 2.75) is 0 Å². The molecule has 0 spiro atoms. The van der Waals surface area contributed by atoms with Crippen LogP contribution in [0.15, 0.2) is 29.0 Å². The molecule has 9 heteroatoms. The topological polar surface area (TPSA) is 122 Å². The van der Waals surface area contributed by atoms with Crippen LogP contribution in [0, 0.1) is 0 Å². The normalized spacial score (nSPS) is 11.3. The minimum atomic E-state index is -3.05. The van der Waals surface area contributed by atoms with Gasteiger partial charge >= 0.3 is 5.97 Å². The molecule has 21 heavy (non-hydrogen) atoms. The van der Waals surface area contributed by atoms with Gasteiger partial charge in [0, 0.05) is 24.6 Å². The van der Waals surface area contributed by atoms with E-state index in [1.807, 2.05) is 0 Å². The van der Waals surface area contributed by atoms with Crippen molar-refractivity contribution in [2.24, 2.45) is 0 Å². The van der Waals surface area contributed by atoms with Crippen LogP contribution in [0.1, 0.15) is 10.5 Å². The molecule has 2 aromatic rings. The Kier molecular flexibility index (Phi) is 4.22. The van der Waals surface area contributed by atoms with E-state index in [-0.39, 0.29) is 23.9 Å². The van der Waals surface area contributed by atoms with Gasteiger partial charge in [0.1, 0.15) is 21.9 Å². The highest BCUT2D eigenvalue weighted by molar-refractivity contribution is 7.90. The van der Waals surface area contributed by atoms with E-state index >= 15 is 0 Å². The van der Waals surface area contributed by atoms with Crippen molar-refractivity contribution in [1.82, 2.24) is 9.97 Å². The molecule has 0 radical (unpaired) electrons. The van der Waals surface area contributed by atoms with Crippen LogP contribution in [0.25, 0.3) is 11.5 Å². The summed E-state index contributed by atoms with van der Waals surface area (Å²) in [7, 11) is -3.05. The van der Waals surface area contributed by atoms with E-state index < -0.39 is 15.8 Å². The standard InChI is InChI=1S/C12H13N3O5S/c1-21(18,19)5-4-14-10-6-8(2-3-13-10)11-15-9(7-20-11)12(16)17/h2-3,6-7H,4-5H2,1H3,(H,13,14)(H,16,17). The van der Waals surface area contributed by atoms with E-state index in [1.54, 1.807) is 12.1 Å². The summed E-state index contributed by atoms with van der Waals surface area (Å²) in [6.07, 6.45) is 3.69. The summed E-state index contributed by atoms with van der Waals surface area (Å²) in [6, 6.07) is 3.21. The molecule has 0 amide bonds. The Bertz CT molecular complexity index is 754. The van der Waals surface area contributed by atoms with E-state index in [4.69, 9.17) is 9.52 Å². The fourth-order valence-electron chi connectivity index (χ4n) is 1.53. The second-order valence-electron chi connectivity index (χ2n) is 4.33. The number of hydrogen-bond donors (Lipinski definition) is 2. The predicted octanol–water partition coefficient (Wildman–Crippen LogP) is 0.891.